The van der Waals surface area contributed by atoms with Gasteiger partial charge in [0.2, 0.25) is 0 Å². The van der Waals surface area contributed by atoms with E-state index in [0.29, 0.717) is 11.6 Å². The second-order valence-electron chi connectivity index (χ2n) is 2.78. The number of benzene rings is 1. The van der Waals surface area contributed by atoms with Gasteiger partial charge in [0, 0.05) is 14.6 Å². The Hall–Kier alpha value is -0.250. The van der Waals surface area contributed by atoms with Gasteiger partial charge in [-0.15, -0.1) is 0 Å². The first-order valence-electron chi connectivity index (χ1n) is 4.22. The number of thiophene rings is 1. The lowest BCUT2D eigenvalue weighted by Crippen LogP contribution is -1.87. The molecular weight excluding hydrogens is 284 g/mol. The zero-order valence-corrected chi connectivity index (χ0v) is 10.7. The van der Waals surface area contributed by atoms with Crippen LogP contribution in [-0.2, 0) is 0 Å². The lowest BCUT2D eigenvalue weighted by atomic mass is 10.3. The molecule has 0 aliphatic carbocycles. The summed E-state index contributed by atoms with van der Waals surface area (Å²) in [5.41, 5.74) is 0. The lowest BCUT2D eigenvalue weighted by Gasteiger charge is -1.97. The molecule has 0 aliphatic rings. The second kappa shape index (κ2) is 4.09. The van der Waals surface area contributed by atoms with Crippen molar-refractivity contribution in [1.82, 2.24) is 0 Å². The van der Waals surface area contributed by atoms with Crippen LogP contribution in [0.2, 0.25) is 5.02 Å². The molecule has 0 N–H and O–H groups in total. The predicted octanol–water partition coefficient (Wildman–Crippen LogP) is 4.72. The number of hydrogen-bond donors (Lipinski definition) is 0. The Balaban J connectivity index is 2.62. The van der Waals surface area contributed by atoms with Crippen LogP contribution in [0.5, 0.6) is 5.06 Å². The monoisotopic (exact) mass is 290 g/mol. The van der Waals surface area contributed by atoms with Crippen LogP contribution in [0.25, 0.3) is 10.1 Å². The molecule has 0 aliphatic heterocycles. The predicted molar refractivity (Wildman–Crippen MR) is 65.7 cm³/mol. The number of ether oxygens (including phenoxy) is 1. The van der Waals surface area contributed by atoms with Gasteiger partial charge >= 0.3 is 0 Å². The average Bonchev–Trinajstić information content (AvgIpc) is 2.46. The van der Waals surface area contributed by atoms with Crippen molar-refractivity contribution in [2.24, 2.45) is 0 Å². The van der Waals surface area contributed by atoms with Crippen molar-refractivity contribution in [2.75, 3.05) is 6.61 Å². The molecule has 0 amide bonds. The van der Waals surface area contributed by atoms with Crippen molar-refractivity contribution in [3.63, 3.8) is 0 Å². The summed E-state index contributed by atoms with van der Waals surface area (Å²) in [5, 5.41) is 2.57. The first kappa shape index (κ1) is 10.3. The van der Waals surface area contributed by atoms with E-state index < -0.39 is 0 Å². The van der Waals surface area contributed by atoms with E-state index in [-0.39, 0.29) is 0 Å². The Kier molecular flexibility index (Phi) is 3.00. The molecule has 0 saturated heterocycles. The molecule has 0 bridgehead atoms. The molecular formula is C10H8BrClOS. The third-order valence-corrected chi connectivity index (χ3v) is 3.90. The molecule has 74 valence electrons. The van der Waals surface area contributed by atoms with Crippen molar-refractivity contribution in [3.05, 3.63) is 27.7 Å². The summed E-state index contributed by atoms with van der Waals surface area (Å²) in [5.74, 6) is 0. The van der Waals surface area contributed by atoms with E-state index in [1.807, 2.05) is 25.1 Å². The number of rotatable bonds is 2. The maximum atomic E-state index is 6.17. The second-order valence-corrected chi connectivity index (χ2v) is 5.09. The van der Waals surface area contributed by atoms with Gasteiger partial charge in [0.1, 0.15) is 5.02 Å². The van der Waals surface area contributed by atoms with E-state index in [0.717, 1.165) is 19.6 Å². The largest absolute Gasteiger partial charge is 0.483 e. The van der Waals surface area contributed by atoms with Crippen LogP contribution >= 0.6 is 38.9 Å². The molecule has 2 rings (SSSR count). The highest BCUT2D eigenvalue weighted by Gasteiger charge is 2.10. The standard InChI is InChI=1S/C10H8BrClOS/c1-2-13-10-9(12)7-5-6(11)3-4-8(7)14-10/h3-5H,2H2,1H3. The summed E-state index contributed by atoms with van der Waals surface area (Å²) in [6.07, 6.45) is 0. The van der Waals surface area contributed by atoms with Crippen LogP contribution in [-0.4, -0.2) is 6.61 Å². The summed E-state index contributed by atoms with van der Waals surface area (Å²) in [6, 6.07) is 6.06. The van der Waals surface area contributed by atoms with Crippen molar-refractivity contribution < 1.29 is 4.74 Å². The minimum Gasteiger partial charge on any atom is -0.483 e. The SMILES string of the molecule is CCOc1sc2ccc(Br)cc2c1Cl. The van der Waals surface area contributed by atoms with Gasteiger partial charge < -0.3 is 4.74 Å². The Morgan fingerprint density at radius 3 is 3.00 bits per heavy atom. The molecule has 2 aromatic rings. The molecule has 0 radical (unpaired) electrons. The third-order valence-electron chi connectivity index (χ3n) is 1.84. The fourth-order valence-electron chi connectivity index (χ4n) is 1.24. The minimum absolute atomic E-state index is 0.647. The fourth-order valence-corrected chi connectivity index (χ4v) is 2.97. The molecule has 0 saturated carbocycles. The van der Waals surface area contributed by atoms with E-state index in [1.54, 1.807) is 11.3 Å². The van der Waals surface area contributed by atoms with Crippen molar-refractivity contribution >= 4 is 49.0 Å². The van der Waals surface area contributed by atoms with Crippen molar-refractivity contribution in [3.8, 4) is 5.06 Å². The molecule has 0 atom stereocenters. The van der Waals surface area contributed by atoms with Gasteiger partial charge in [0.15, 0.2) is 5.06 Å². The van der Waals surface area contributed by atoms with Crippen LogP contribution in [0.15, 0.2) is 22.7 Å². The first-order valence-corrected chi connectivity index (χ1v) is 6.21. The highest BCUT2D eigenvalue weighted by atomic mass is 79.9. The molecule has 4 heteroatoms. The van der Waals surface area contributed by atoms with Crippen LogP contribution in [0.3, 0.4) is 0 Å². The minimum atomic E-state index is 0.647. The van der Waals surface area contributed by atoms with Gasteiger partial charge in [-0.1, -0.05) is 38.9 Å². The summed E-state index contributed by atoms with van der Waals surface area (Å²) in [6.45, 7) is 2.60. The summed E-state index contributed by atoms with van der Waals surface area (Å²) in [4.78, 5) is 0. The zero-order chi connectivity index (χ0) is 10.1. The lowest BCUT2D eigenvalue weighted by molar-refractivity contribution is 0.351. The van der Waals surface area contributed by atoms with Gasteiger partial charge in [-0.2, -0.15) is 0 Å². The number of hydrogen-bond acceptors (Lipinski definition) is 2. The van der Waals surface area contributed by atoms with Crippen LogP contribution in [0, 0.1) is 0 Å². The Morgan fingerprint density at radius 1 is 1.50 bits per heavy atom. The van der Waals surface area contributed by atoms with Crippen molar-refractivity contribution in [2.45, 2.75) is 6.92 Å². The third kappa shape index (κ3) is 1.76. The summed E-state index contributed by atoms with van der Waals surface area (Å²) >= 11 is 11.2. The highest BCUT2D eigenvalue weighted by Crippen LogP contribution is 2.42. The Morgan fingerprint density at radius 2 is 2.29 bits per heavy atom. The quantitative estimate of drug-likeness (QED) is 0.778. The number of fused-ring (bicyclic) bond motifs is 1. The van der Waals surface area contributed by atoms with Gasteiger partial charge in [-0.05, 0) is 25.1 Å². The summed E-state index contributed by atoms with van der Waals surface area (Å²) < 4.78 is 7.62. The zero-order valence-electron chi connectivity index (χ0n) is 7.51. The molecule has 1 heterocycles. The molecule has 1 aromatic heterocycles. The Bertz CT molecular complexity index is 466. The van der Waals surface area contributed by atoms with Crippen LogP contribution in [0.1, 0.15) is 6.92 Å². The fraction of sp³-hybridized carbons (Fsp3) is 0.200. The van der Waals surface area contributed by atoms with E-state index in [2.05, 4.69) is 15.9 Å². The normalized spacial score (nSPS) is 10.8. The molecule has 1 aromatic carbocycles. The number of halogens is 2. The molecule has 1 nitrogen and oxygen atoms in total. The van der Waals surface area contributed by atoms with E-state index in [4.69, 9.17) is 16.3 Å². The molecule has 0 unspecified atom stereocenters. The molecule has 0 spiro atoms. The van der Waals surface area contributed by atoms with Crippen LogP contribution in [0.4, 0.5) is 0 Å². The van der Waals surface area contributed by atoms with Gasteiger partial charge in [0.05, 0.1) is 6.61 Å². The van der Waals surface area contributed by atoms with Gasteiger partial charge in [-0.3, -0.25) is 0 Å². The first-order chi connectivity index (χ1) is 6.72. The topological polar surface area (TPSA) is 9.23 Å². The summed E-state index contributed by atoms with van der Waals surface area (Å²) in [7, 11) is 0. The van der Waals surface area contributed by atoms with E-state index in [9.17, 15) is 0 Å². The average molecular weight is 292 g/mol. The van der Waals surface area contributed by atoms with E-state index >= 15 is 0 Å². The maximum Gasteiger partial charge on any atom is 0.193 e. The van der Waals surface area contributed by atoms with E-state index in [1.165, 1.54) is 0 Å². The Labute approximate surface area is 99.8 Å². The van der Waals surface area contributed by atoms with Gasteiger partial charge in [0.25, 0.3) is 0 Å². The molecule has 14 heavy (non-hydrogen) atoms. The van der Waals surface area contributed by atoms with Gasteiger partial charge in [-0.25, -0.2) is 0 Å². The smallest absolute Gasteiger partial charge is 0.193 e. The molecule has 0 fully saturated rings. The van der Waals surface area contributed by atoms with Crippen LogP contribution < -0.4 is 4.74 Å². The van der Waals surface area contributed by atoms with Crippen molar-refractivity contribution in [1.29, 1.82) is 0 Å². The maximum absolute atomic E-state index is 6.17. The highest BCUT2D eigenvalue weighted by molar-refractivity contribution is 9.10.